The van der Waals surface area contributed by atoms with Gasteiger partial charge in [-0.15, -0.1) is 0 Å². The van der Waals surface area contributed by atoms with Crippen LogP contribution in [0.25, 0.3) is 11.1 Å². The maximum absolute atomic E-state index is 6.43. The summed E-state index contributed by atoms with van der Waals surface area (Å²) in [5.74, 6) is 0.947. The normalized spacial score (nSPS) is 19.3. The molecule has 1 atom stereocenters. The van der Waals surface area contributed by atoms with Gasteiger partial charge in [-0.25, -0.2) is 0 Å². The second-order valence-corrected chi connectivity index (χ2v) is 5.54. The van der Waals surface area contributed by atoms with Gasteiger partial charge in [0.15, 0.2) is 5.60 Å². The molecular formula is C20H16O. The second kappa shape index (κ2) is 4.49. The quantitative estimate of drug-likeness (QED) is 0.605. The molecule has 1 heterocycles. The minimum Gasteiger partial charge on any atom is -0.477 e. The minimum atomic E-state index is -0.452. The third-order valence-corrected chi connectivity index (χ3v) is 4.26. The number of para-hydroxylation sites is 1. The molecule has 0 radical (unpaired) electrons. The van der Waals surface area contributed by atoms with Gasteiger partial charge in [0.1, 0.15) is 5.75 Å². The molecule has 4 rings (SSSR count). The van der Waals surface area contributed by atoms with Gasteiger partial charge >= 0.3 is 0 Å². The lowest BCUT2D eigenvalue weighted by Crippen LogP contribution is -2.34. The van der Waals surface area contributed by atoms with Crippen LogP contribution in [0.3, 0.4) is 0 Å². The van der Waals surface area contributed by atoms with Gasteiger partial charge in [0, 0.05) is 11.1 Å². The second-order valence-electron chi connectivity index (χ2n) is 5.54. The Morgan fingerprint density at radius 3 is 2.10 bits per heavy atom. The topological polar surface area (TPSA) is 9.23 Å². The lowest BCUT2D eigenvalue weighted by Gasteiger charge is -2.38. The molecule has 0 saturated carbocycles. The molecule has 3 aromatic rings. The molecule has 0 bridgehead atoms. The van der Waals surface area contributed by atoms with Crippen LogP contribution in [0.15, 0.2) is 78.9 Å². The highest BCUT2D eigenvalue weighted by molar-refractivity contribution is 5.77. The van der Waals surface area contributed by atoms with E-state index >= 15 is 0 Å². The van der Waals surface area contributed by atoms with Gasteiger partial charge in [0.2, 0.25) is 0 Å². The first-order valence-electron chi connectivity index (χ1n) is 7.22. The predicted octanol–water partition coefficient (Wildman–Crippen LogP) is 5.01. The van der Waals surface area contributed by atoms with Gasteiger partial charge in [-0.3, -0.25) is 0 Å². The summed E-state index contributed by atoms with van der Waals surface area (Å²) in [7, 11) is 0. The zero-order valence-electron chi connectivity index (χ0n) is 11.9. The number of ether oxygens (including phenoxy) is 1. The Balaban J connectivity index is 2.01. The highest BCUT2D eigenvalue weighted by Gasteiger charge is 2.37. The number of rotatable bonds is 1. The summed E-state index contributed by atoms with van der Waals surface area (Å²) in [5, 5.41) is 0. The molecule has 1 aliphatic rings. The van der Waals surface area contributed by atoms with Crippen molar-refractivity contribution in [3.63, 3.8) is 0 Å². The van der Waals surface area contributed by atoms with Gasteiger partial charge < -0.3 is 4.74 Å². The molecule has 0 amide bonds. The van der Waals surface area contributed by atoms with Crippen LogP contribution in [0.5, 0.6) is 5.75 Å². The van der Waals surface area contributed by atoms with E-state index in [1.807, 2.05) is 18.2 Å². The maximum Gasteiger partial charge on any atom is 0.157 e. The van der Waals surface area contributed by atoms with Crippen LogP contribution in [0, 0.1) is 0 Å². The van der Waals surface area contributed by atoms with Gasteiger partial charge in [0.25, 0.3) is 0 Å². The van der Waals surface area contributed by atoms with E-state index in [2.05, 4.69) is 67.6 Å². The van der Waals surface area contributed by atoms with Crippen molar-refractivity contribution in [3.05, 3.63) is 90.0 Å². The van der Waals surface area contributed by atoms with Crippen LogP contribution in [-0.2, 0) is 5.60 Å². The standard InChI is InChI=1S/C20H16O/c1-20(15-9-3-2-4-10-15)18-13-7-5-11-16(18)17-12-6-8-14-19(17)21-20/h2-14H,1H3. The van der Waals surface area contributed by atoms with E-state index in [4.69, 9.17) is 4.74 Å². The molecule has 1 aliphatic heterocycles. The van der Waals surface area contributed by atoms with Crippen LogP contribution in [0.1, 0.15) is 18.1 Å². The van der Waals surface area contributed by atoms with E-state index in [-0.39, 0.29) is 0 Å². The van der Waals surface area contributed by atoms with Crippen molar-refractivity contribution in [2.75, 3.05) is 0 Å². The maximum atomic E-state index is 6.43. The summed E-state index contributed by atoms with van der Waals surface area (Å²) in [6.07, 6.45) is 0. The Kier molecular flexibility index (Phi) is 2.61. The average Bonchev–Trinajstić information content (AvgIpc) is 2.56. The van der Waals surface area contributed by atoms with Crippen molar-refractivity contribution in [1.82, 2.24) is 0 Å². The SMILES string of the molecule is CC1(c2ccccc2)Oc2ccccc2-c2ccccc21. The molecule has 0 spiro atoms. The monoisotopic (exact) mass is 272 g/mol. The number of hydrogen-bond donors (Lipinski definition) is 0. The van der Waals surface area contributed by atoms with Gasteiger partial charge in [-0.1, -0.05) is 72.8 Å². The number of fused-ring (bicyclic) bond motifs is 3. The fourth-order valence-electron chi connectivity index (χ4n) is 3.16. The first kappa shape index (κ1) is 12.2. The number of benzene rings is 3. The third-order valence-electron chi connectivity index (χ3n) is 4.26. The number of hydrogen-bond acceptors (Lipinski definition) is 1. The molecule has 0 N–H and O–H groups in total. The Morgan fingerprint density at radius 1 is 0.667 bits per heavy atom. The molecular weight excluding hydrogens is 256 g/mol. The molecule has 0 saturated heterocycles. The Labute approximate surface area is 124 Å². The van der Waals surface area contributed by atoms with E-state index in [0.29, 0.717) is 0 Å². The smallest absolute Gasteiger partial charge is 0.157 e. The molecule has 1 unspecified atom stereocenters. The van der Waals surface area contributed by atoms with Crippen molar-refractivity contribution >= 4 is 0 Å². The summed E-state index contributed by atoms with van der Waals surface area (Å²) >= 11 is 0. The van der Waals surface area contributed by atoms with Crippen LogP contribution in [0.2, 0.25) is 0 Å². The molecule has 1 nitrogen and oxygen atoms in total. The van der Waals surface area contributed by atoms with E-state index in [0.717, 1.165) is 5.75 Å². The minimum absolute atomic E-state index is 0.452. The largest absolute Gasteiger partial charge is 0.477 e. The Morgan fingerprint density at radius 2 is 1.29 bits per heavy atom. The first-order chi connectivity index (χ1) is 10.3. The van der Waals surface area contributed by atoms with Gasteiger partial charge in [-0.05, 0) is 24.1 Å². The predicted molar refractivity (Wildman–Crippen MR) is 85.4 cm³/mol. The van der Waals surface area contributed by atoms with E-state index in [1.165, 1.54) is 22.3 Å². The molecule has 1 heteroatoms. The van der Waals surface area contributed by atoms with Gasteiger partial charge in [0.05, 0.1) is 0 Å². The summed E-state index contributed by atoms with van der Waals surface area (Å²) in [6, 6.07) is 27.2. The summed E-state index contributed by atoms with van der Waals surface area (Å²) in [6.45, 7) is 2.15. The molecule has 0 aromatic heterocycles. The third kappa shape index (κ3) is 1.78. The fourth-order valence-corrected chi connectivity index (χ4v) is 3.16. The zero-order valence-corrected chi connectivity index (χ0v) is 11.9. The first-order valence-corrected chi connectivity index (χ1v) is 7.22. The summed E-state index contributed by atoms with van der Waals surface area (Å²) in [5.41, 5.74) is 4.36. The Bertz CT molecular complexity index is 792. The van der Waals surface area contributed by atoms with E-state index in [1.54, 1.807) is 0 Å². The average molecular weight is 272 g/mol. The summed E-state index contributed by atoms with van der Waals surface area (Å²) < 4.78 is 6.43. The van der Waals surface area contributed by atoms with Crippen molar-refractivity contribution in [3.8, 4) is 16.9 Å². The molecule has 0 aliphatic carbocycles. The van der Waals surface area contributed by atoms with Crippen LogP contribution in [0.4, 0.5) is 0 Å². The van der Waals surface area contributed by atoms with Crippen molar-refractivity contribution in [2.24, 2.45) is 0 Å². The summed E-state index contributed by atoms with van der Waals surface area (Å²) in [4.78, 5) is 0. The highest BCUT2D eigenvalue weighted by atomic mass is 16.5. The van der Waals surface area contributed by atoms with Crippen molar-refractivity contribution in [1.29, 1.82) is 0 Å². The zero-order chi connectivity index (χ0) is 14.3. The van der Waals surface area contributed by atoms with Gasteiger partial charge in [-0.2, -0.15) is 0 Å². The van der Waals surface area contributed by atoms with Crippen molar-refractivity contribution < 1.29 is 4.74 Å². The van der Waals surface area contributed by atoms with Crippen LogP contribution in [-0.4, -0.2) is 0 Å². The Hall–Kier alpha value is -2.54. The van der Waals surface area contributed by atoms with Crippen LogP contribution < -0.4 is 4.74 Å². The molecule has 3 aromatic carbocycles. The lowest BCUT2D eigenvalue weighted by molar-refractivity contribution is 0.129. The molecule has 0 fully saturated rings. The van der Waals surface area contributed by atoms with E-state index in [9.17, 15) is 0 Å². The molecule has 21 heavy (non-hydrogen) atoms. The lowest BCUT2D eigenvalue weighted by atomic mass is 9.81. The molecule has 102 valence electrons. The van der Waals surface area contributed by atoms with E-state index < -0.39 is 5.60 Å². The highest BCUT2D eigenvalue weighted by Crippen LogP contribution is 2.47. The fraction of sp³-hybridized carbons (Fsp3) is 0.100. The van der Waals surface area contributed by atoms with Crippen molar-refractivity contribution in [2.45, 2.75) is 12.5 Å². The van der Waals surface area contributed by atoms with Crippen LogP contribution >= 0.6 is 0 Å².